The third-order valence-corrected chi connectivity index (χ3v) is 7.75. The highest BCUT2D eigenvalue weighted by Crippen LogP contribution is 2.36. The number of nitrogens with one attached hydrogen (secondary N) is 2. The number of pyridine rings is 1. The first kappa shape index (κ1) is 20.9. The number of hydrogen-bond acceptors (Lipinski definition) is 8. The summed E-state index contributed by atoms with van der Waals surface area (Å²) in [7, 11) is -1.13. The maximum absolute atomic E-state index is 13.1. The second kappa shape index (κ2) is 7.40. The van der Waals surface area contributed by atoms with Gasteiger partial charge in [0.2, 0.25) is 0 Å². The van der Waals surface area contributed by atoms with Gasteiger partial charge in [-0.3, -0.25) is 9.48 Å². The van der Waals surface area contributed by atoms with Crippen LogP contribution in [0.1, 0.15) is 38.5 Å². The van der Waals surface area contributed by atoms with Crippen molar-refractivity contribution in [2.75, 3.05) is 34.9 Å². The summed E-state index contributed by atoms with van der Waals surface area (Å²) in [5.74, 6) is 1.39. The Morgan fingerprint density at radius 2 is 1.90 bits per heavy atom. The van der Waals surface area contributed by atoms with Gasteiger partial charge in [-0.2, -0.15) is 5.10 Å². The van der Waals surface area contributed by atoms with E-state index in [1.54, 1.807) is 9.25 Å². The van der Waals surface area contributed by atoms with Crippen molar-refractivity contribution >= 4 is 21.3 Å². The lowest BCUT2D eigenvalue weighted by Gasteiger charge is -2.28. The van der Waals surface area contributed by atoms with Gasteiger partial charge in [-0.05, 0) is 12.8 Å². The van der Waals surface area contributed by atoms with Crippen LogP contribution in [-0.2, 0) is 16.9 Å². The number of nitrogens with zero attached hydrogens (tertiary/aromatic N) is 4. The molecule has 0 radical (unpaired) electrons. The molecule has 4 N–H and O–H groups in total. The number of fused-ring (bicyclic) bond motifs is 1. The highest BCUT2D eigenvalue weighted by atomic mass is 32.2. The van der Waals surface area contributed by atoms with Crippen LogP contribution in [0.2, 0.25) is 0 Å². The molecule has 0 aromatic carbocycles. The molecule has 4 heterocycles. The fourth-order valence-corrected chi connectivity index (χ4v) is 5.14. The average molecular weight is 436 g/mol. The first-order valence-electron chi connectivity index (χ1n) is 10.1. The Kier molecular flexibility index (Phi) is 5.15. The molecule has 0 aliphatic carbocycles. The maximum Gasteiger partial charge on any atom is 0.259 e. The van der Waals surface area contributed by atoms with Crippen molar-refractivity contribution in [1.82, 2.24) is 19.8 Å². The molecule has 164 valence electrons. The fourth-order valence-electron chi connectivity index (χ4n) is 3.94. The van der Waals surface area contributed by atoms with Gasteiger partial charge in [-0.1, -0.05) is 13.8 Å². The second-order valence-electron chi connectivity index (χ2n) is 8.43. The van der Waals surface area contributed by atoms with Gasteiger partial charge in [0.05, 0.1) is 28.5 Å². The van der Waals surface area contributed by atoms with E-state index < -0.39 is 16.0 Å². The van der Waals surface area contributed by atoms with Crippen molar-refractivity contribution in [3.63, 3.8) is 0 Å². The normalized spacial score (nSPS) is 21.5. The molecule has 2 aromatic rings. The molecule has 0 bridgehead atoms. The van der Waals surface area contributed by atoms with Gasteiger partial charge >= 0.3 is 0 Å². The van der Waals surface area contributed by atoms with E-state index in [-0.39, 0.29) is 29.0 Å². The maximum atomic E-state index is 13.1. The van der Waals surface area contributed by atoms with E-state index in [1.807, 2.05) is 31.1 Å². The highest BCUT2D eigenvalue weighted by Gasteiger charge is 2.30. The number of aryl methyl sites for hydroxylation is 1. The number of sulfone groups is 1. The fraction of sp³-hybridized carbons (Fsp3) is 0.579. The van der Waals surface area contributed by atoms with E-state index in [9.17, 15) is 13.2 Å². The number of rotatable bonds is 4. The van der Waals surface area contributed by atoms with Crippen molar-refractivity contribution in [2.45, 2.75) is 33.0 Å². The topological polar surface area (TPSA) is 127 Å². The molecule has 1 fully saturated rings. The molecule has 0 saturated carbocycles. The summed E-state index contributed by atoms with van der Waals surface area (Å²) in [5.41, 5.74) is 14.6. The lowest BCUT2D eigenvalue weighted by Crippen LogP contribution is -2.41. The SMILES string of the molecule is CC(C)[C@H](C)n1cc(-c2cc(N3CCS(=O)(=O)CC3)n(C)n2)c2c(c1=O)C(N)NN2. The molecule has 10 nitrogen and oxygen atoms in total. The van der Waals surface area contributed by atoms with Crippen molar-refractivity contribution in [3.8, 4) is 11.3 Å². The monoisotopic (exact) mass is 435 g/mol. The van der Waals surface area contributed by atoms with E-state index in [0.29, 0.717) is 30.0 Å². The molecule has 0 amide bonds. The smallest absolute Gasteiger partial charge is 0.259 e. The molecule has 30 heavy (non-hydrogen) atoms. The van der Waals surface area contributed by atoms with Gasteiger partial charge in [-0.25, -0.2) is 13.8 Å². The van der Waals surface area contributed by atoms with Gasteiger partial charge in [0.1, 0.15) is 12.0 Å². The number of anilines is 2. The zero-order valence-electron chi connectivity index (χ0n) is 17.7. The standard InChI is InChI=1S/C19H29N7O3S/c1-11(2)12(3)26-10-13(17-16(19(26)27)18(20)22-21-17)14-9-15(24(4)23-14)25-5-7-30(28,29)8-6-25/h9-12,18,21-22H,5-8,20H2,1-4H3/t12-,18?/m0/s1. The number of hydrazine groups is 1. The third-order valence-electron chi connectivity index (χ3n) is 6.14. The molecule has 2 aromatic heterocycles. The van der Waals surface area contributed by atoms with Gasteiger partial charge in [0.15, 0.2) is 9.84 Å². The summed E-state index contributed by atoms with van der Waals surface area (Å²) < 4.78 is 27.0. The second-order valence-corrected chi connectivity index (χ2v) is 10.7. The predicted octanol–water partition coefficient (Wildman–Crippen LogP) is 0.588. The van der Waals surface area contributed by atoms with E-state index >= 15 is 0 Å². The van der Waals surface area contributed by atoms with Crippen LogP contribution in [0, 0.1) is 5.92 Å². The summed E-state index contributed by atoms with van der Waals surface area (Å²) in [5, 5.41) is 4.67. The van der Waals surface area contributed by atoms with Crippen LogP contribution >= 0.6 is 0 Å². The number of aromatic nitrogens is 3. The molecular weight excluding hydrogens is 406 g/mol. The quantitative estimate of drug-likeness (QED) is 0.637. The first-order chi connectivity index (χ1) is 14.1. The van der Waals surface area contributed by atoms with Crippen LogP contribution in [0.3, 0.4) is 0 Å². The van der Waals surface area contributed by atoms with Crippen LogP contribution in [0.25, 0.3) is 11.3 Å². The van der Waals surface area contributed by atoms with Crippen LogP contribution < -0.4 is 27.0 Å². The van der Waals surface area contributed by atoms with Crippen molar-refractivity contribution in [1.29, 1.82) is 0 Å². The van der Waals surface area contributed by atoms with Gasteiger partial charge in [0.25, 0.3) is 5.56 Å². The van der Waals surface area contributed by atoms with E-state index in [1.165, 1.54) is 0 Å². The third kappa shape index (κ3) is 3.50. The van der Waals surface area contributed by atoms with Crippen molar-refractivity contribution < 1.29 is 8.42 Å². The summed E-state index contributed by atoms with van der Waals surface area (Å²) in [6.07, 6.45) is 1.24. The minimum atomic E-state index is -2.97. The van der Waals surface area contributed by atoms with Crippen LogP contribution in [0.15, 0.2) is 17.1 Å². The van der Waals surface area contributed by atoms with Crippen LogP contribution in [0.5, 0.6) is 0 Å². The van der Waals surface area contributed by atoms with Crippen LogP contribution in [0.4, 0.5) is 11.5 Å². The first-order valence-corrected chi connectivity index (χ1v) is 12.0. The van der Waals surface area contributed by atoms with E-state index in [2.05, 4.69) is 29.8 Å². The lowest BCUT2D eigenvalue weighted by atomic mass is 10.0. The number of nitrogens with two attached hydrogens (primary N) is 1. The van der Waals surface area contributed by atoms with Gasteiger partial charge in [-0.15, -0.1) is 0 Å². The molecule has 1 saturated heterocycles. The van der Waals surface area contributed by atoms with Gasteiger partial charge < -0.3 is 20.6 Å². The van der Waals surface area contributed by atoms with Crippen LogP contribution in [-0.4, -0.2) is 47.4 Å². The molecular formula is C19H29N7O3S. The summed E-state index contributed by atoms with van der Waals surface area (Å²) in [6, 6.07) is 1.93. The molecule has 2 aliphatic heterocycles. The Labute approximate surface area is 175 Å². The lowest BCUT2D eigenvalue weighted by molar-refractivity contribution is 0.396. The van der Waals surface area contributed by atoms with Crippen molar-refractivity contribution in [2.24, 2.45) is 18.7 Å². The molecule has 2 aliphatic rings. The largest absolute Gasteiger partial charge is 0.355 e. The predicted molar refractivity (Wildman–Crippen MR) is 117 cm³/mol. The molecule has 2 atom stereocenters. The Bertz CT molecular complexity index is 1120. The molecule has 1 unspecified atom stereocenters. The van der Waals surface area contributed by atoms with Gasteiger partial charge in [0, 0.05) is 44.0 Å². The Balaban J connectivity index is 1.80. The van der Waals surface area contributed by atoms with E-state index in [4.69, 9.17) is 5.73 Å². The Morgan fingerprint density at radius 3 is 2.53 bits per heavy atom. The van der Waals surface area contributed by atoms with Crippen molar-refractivity contribution in [3.05, 3.63) is 28.2 Å². The highest BCUT2D eigenvalue weighted by molar-refractivity contribution is 7.91. The zero-order valence-corrected chi connectivity index (χ0v) is 18.5. The van der Waals surface area contributed by atoms with E-state index in [0.717, 1.165) is 11.4 Å². The summed E-state index contributed by atoms with van der Waals surface area (Å²) in [6.45, 7) is 7.04. The average Bonchev–Trinajstić information content (AvgIpc) is 3.25. The summed E-state index contributed by atoms with van der Waals surface area (Å²) >= 11 is 0. The zero-order chi connectivity index (χ0) is 21.8. The minimum Gasteiger partial charge on any atom is -0.355 e. The summed E-state index contributed by atoms with van der Waals surface area (Å²) in [4.78, 5) is 15.1. The molecule has 4 rings (SSSR count). The number of hydrogen-bond donors (Lipinski definition) is 3. The molecule has 0 spiro atoms. The molecule has 11 heteroatoms. The Hall–Kier alpha value is -2.37. The Morgan fingerprint density at radius 1 is 1.23 bits per heavy atom. The minimum absolute atomic E-state index is 0.00941.